The van der Waals surface area contributed by atoms with Crippen molar-refractivity contribution in [2.24, 2.45) is 18.5 Å². The number of nitrogens with zero attached hydrogens (tertiary/aromatic N) is 2. The van der Waals surface area contributed by atoms with Crippen molar-refractivity contribution in [2.75, 3.05) is 6.54 Å². The van der Waals surface area contributed by atoms with Crippen molar-refractivity contribution in [3.8, 4) is 0 Å². The van der Waals surface area contributed by atoms with Gasteiger partial charge in [-0.3, -0.25) is 0 Å². The summed E-state index contributed by atoms with van der Waals surface area (Å²) in [5.74, 6) is -2.09. The molecule has 0 saturated carbocycles. The monoisotopic (exact) mass is 546 g/mol. The first kappa shape index (κ1) is 31.8. The molecule has 11 heteroatoms. The van der Waals surface area contributed by atoms with E-state index in [0.29, 0.717) is 24.3 Å². The molecule has 2 amide bonds. The summed E-state index contributed by atoms with van der Waals surface area (Å²) >= 11 is 0. The highest BCUT2D eigenvalue weighted by Gasteiger charge is 2.42. The highest BCUT2D eigenvalue weighted by molar-refractivity contribution is 5.97. The molecule has 2 unspecified atom stereocenters. The Morgan fingerprint density at radius 1 is 0.923 bits per heavy atom. The van der Waals surface area contributed by atoms with Gasteiger partial charge in [0.1, 0.15) is 23.3 Å². The van der Waals surface area contributed by atoms with Crippen molar-refractivity contribution in [3.63, 3.8) is 0 Å². The van der Waals surface area contributed by atoms with Gasteiger partial charge in [-0.15, -0.1) is 0 Å². The average Bonchev–Trinajstić information content (AvgIpc) is 3.11. The number of unbranched alkanes of at least 4 members (excludes halogenated alkanes) is 1. The number of esters is 2. The summed E-state index contributed by atoms with van der Waals surface area (Å²) in [6, 6.07) is 5.00. The summed E-state index contributed by atoms with van der Waals surface area (Å²) in [6.07, 6.45) is 0.650. The number of aryl methyl sites for hydroxylation is 1. The number of rotatable bonds is 9. The number of carbonyl (C=O) groups is 4. The van der Waals surface area contributed by atoms with Crippen molar-refractivity contribution in [3.05, 3.63) is 36.0 Å². The molecular weight excluding hydrogens is 504 g/mol. The zero-order chi connectivity index (χ0) is 29.5. The van der Waals surface area contributed by atoms with Crippen LogP contribution in [0.5, 0.6) is 0 Å². The number of hydrogen-bond donors (Lipinski definition) is 2. The van der Waals surface area contributed by atoms with E-state index in [-0.39, 0.29) is 12.8 Å². The third kappa shape index (κ3) is 9.36. The summed E-state index contributed by atoms with van der Waals surface area (Å²) in [5, 5.41) is 0.926. The van der Waals surface area contributed by atoms with Gasteiger partial charge in [0.15, 0.2) is 0 Å². The number of hydrogen-bond acceptors (Lipinski definition) is 9. The molecule has 0 spiro atoms. The zero-order valence-corrected chi connectivity index (χ0v) is 24.0. The normalized spacial score (nSPS) is 13.5. The van der Waals surface area contributed by atoms with Crippen LogP contribution in [0.25, 0.3) is 10.9 Å². The minimum Gasteiger partial charge on any atom is -0.443 e. The maximum atomic E-state index is 13.3. The van der Waals surface area contributed by atoms with E-state index in [1.54, 1.807) is 41.5 Å². The minimum absolute atomic E-state index is 0.0135. The van der Waals surface area contributed by atoms with Gasteiger partial charge in [-0.25, -0.2) is 19.2 Å². The smallest absolute Gasteiger partial charge is 0.420 e. The van der Waals surface area contributed by atoms with Gasteiger partial charge in [-0.2, -0.15) is 4.90 Å². The lowest BCUT2D eigenvalue weighted by atomic mass is 10.1. The topological polar surface area (TPSA) is 156 Å². The molecule has 0 aliphatic heterocycles. The van der Waals surface area contributed by atoms with Crippen molar-refractivity contribution in [2.45, 2.75) is 90.5 Å². The third-order valence-corrected chi connectivity index (χ3v) is 5.62. The van der Waals surface area contributed by atoms with Gasteiger partial charge in [-0.1, -0.05) is 18.2 Å². The van der Waals surface area contributed by atoms with Crippen LogP contribution < -0.4 is 11.5 Å². The number of aromatic nitrogens is 1. The summed E-state index contributed by atoms with van der Waals surface area (Å²) in [7, 11) is 1.88. The predicted molar refractivity (Wildman–Crippen MR) is 147 cm³/mol. The van der Waals surface area contributed by atoms with Crippen LogP contribution in [0.4, 0.5) is 9.59 Å². The molecular formula is C28H42N4O7. The molecule has 0 fully saturated rings. The van der Waals surface area contributed by atoms with Crippen molar-refractivity contribution >= 4 is 35.0 Å². The van der Waals surface area contributed by atoms with E-state index in [4.69, 9.17) is 25.7 Å². The molecule has 2 rings (SSSR count). The Hall–Kier alpha value is -3.44. The van der Waals surface area contributed by atoms with E-state index in [9.17, 15) is 19.2 Å². The van der Waals surface area contributed by atoms with Gasteiger partial charge in [0, 0.05) is 30.6 Å². The van der Waals surface area contributed by atoms with Crippen LogP contribution in [-0.2, 0) is 37.3 Å². The molecule has 2 aromatic rings. The van der Waals surface area contributed by atoms with Gasteiger partial charge in [-0.05, 0) is 79.0 Å². The van der Waals surface area contributed by atoms with Crippen LogP contribution in [0.15, 0.2) is 30.5 Å². The molecule has 39 heavy (non-hydrogen) atoms. The summed E-state index contributed by atoms with van der Waals surface area (Å²) < 4.78 is 17.8. The van der Waals surface area contributed by atoms with E-state index in [1.165, 1.54) is 0 Å². The number of ether oxygens (including phenoxy) is 3. The number of nitrogens with two attached hydrogens (primary N) is 2. The van der Waals surface area contributed by atoms with E-state index in [0.717, 1.165) is 16.5 Å². The summed E-state index contributed by atoms with van der Waals surface area (Å²) in [5.41, 5.74) is 11.6. The van der Waals surface area contributed by atoms with Crippen molar-refractivity contribution in [1.29, 1.82) is 0 Å². The van der Waals surface area contributed by atoms with Gasteiger partial charge in [0.2, 0.25) is 0 Å². The van der Waals surface area contributed by atoms with E-state index < -0.39 is 47.4 Å². The van der Waals surface area contributed by atoms with Crippen LogP contribution in [0.3, 0.4) is 0 Å². The third-order valence-electron chi connectivity index (χ3n) is 5.62. The second-order valence-electron chi connectivity index (χ2n) is 11.5. The quantitative estimate of drug-likeness (QED) is 0.207. The second-order valence-corrected chi connectivity index (χ2v) is 11.5. The van der Waals surface area contributed by atoms with Gasteiger partial charge >= 0.3 is 24.1 Å². The van der Waals surface area contributed by atoms with Crippen LogP contribution >= 0.6 is 0 Å². The van der Waals surface area contributed by atoms with Gasteiger partial charge < -0.3 is 30.2 Å². The molecule has 0 saturated heterocycles. The van der Waals surface area contributed by atoms with Crippen LogP contribution in [0.2, 0.25) is 0 Å². The lowest BCUT2D eigenvalue weighted by Crippen LogP contribution is -2.53. The Labute approximate surface area is 229 Å². The molecule has 1 aromatic heterocycles. The Morgan fingerprint density at radius 2 is 1.49 bits per heavy atom. The SMILES string of the molecule is Cn1cc(CC(N)C(=O)OC(=O)C(CCCCN)N(C(=O)OC(C)(C)C)C(=O)OC(C)(C)C)c2ccccc21. The second kappa shape index (κ2) is 13.1. The van der Waals surface area contributed by atoms with E-state index in [1.807, 2.05) is 42.1 Å². The minimum atomic E-state index is -1.49. The summed E-state index contributed by atoms with van der Waals surface area (Å²) in [6.45, 7) is 10.1. The standard InChI is InChI=1S/C28H42N4O7/c1-27(2,3)38-25(35)32(26(36)39-28(4,5)6)22(14-10-11-15-29)24(34)37-23(33)20(30)16-18-17-31(7)21-13-9-8-12-19(18)21/h8-9,12-13,17,20,22H,10-11,14-16,29-30H2,1-7H3. The Bertz CT molecular complexity index is 1150. The fourth-order valence-electron chi connectivity index (χ4n) is 3.94. The Kier molecular flexibility index (Phi) is 10.7. The van der Waals surface area contributed by atoms with Crippen LogP contribution in [-0.4, -0.2) is 63.4 Å². The molecule has 4 N–H and O–H groups in total. The lowest BCUT2D eigenvalue weighted by Gasteiger charge is -2.32. The summed E-state index contributed by atoms with van der Waals surface area (Å²) in [4.78, 5) is 53.0. The Morgan fingerprint density at radius 3 is 2.03 bits per heavy atom. The van der Waals surface area contributed by atoms with Crippen LogP contribution in [0, 0.1) is 0 Å². The number of imide groups is 1. The van der Waals surface area contributed by atoms with Crippen molar-refractivity contribution < 1.29 is 33.4 Å². The number of benzene rings is 1. The molecule has 1 aromatic carbocycles. The van der Waals surface area contributed by atoms with Gasteiger partial charge in [0.25, 0.3) is 0 Å². The Balaban J connectivity index is 2.30. The zero-order valence-electron chi connectivity index (χ0n) is 24.0. The average molecular weight is 547 g/mol. The highest BCUT2D eigenvalue weighted by Crippen LogP contribution is 2.23. The van der Waals surface area contributed by atoms with E-state index >= 15 is 0 Å². The fraction of sp³-hybridized carbons (Fsp3) is 0.571. The first-order valence-corrected chi connectivity index (χ1v) is 13.0. The number of carbonyl (C=O) groups excluding carboxylic acids is 4. The van der Waals surface area contributed by atoms with Crippen LogP contribution in [0.1, 0.15) is 66.4 Å². The molecule has 11 nitrogen and oxygen atoms in total. The lowest BCUT2D eigenvalue weighted by molar-refractivity contribution is -0.164. The number of amides is 2. The molecule has 2 atom stereocenters. The fourth-order valence-corrected chi connectivity index (χ4v) is 3.94. The maximum absolute atomic E-state index is 13.3. The van der Waals surface area contributed by atoms with Gasteiger partial charge in [0.05, 0.1) is 0 Å². The first-order valence-electron chi connectivity index (χ1n) is 13.0. The van der Waals surface area contributed by atoms with Crippen molar-refractivity contribution in [1.82, 2.24) is 9.47 Å². The molecule has 0 bridgehead atoms. The predicted octanol–water partition coefficient (Wildman–Crippen LogP) is 3.79. The molecule has 0 aliphatic carbocycles. The number of para-hydroxylation sites is 1. The molecule has 216 valence electrons. The van der Waals surface area contributed by atoms with E-state index in [2.05, 4.69) is 0 Å². The molecule has 0 radical (unpaired) electrons. The molecule has 1 heterocycles. The molecule has 0 aliphatic rings. The first-order chi connectivity index (χ1) is 18.0. The maximum Gasteiger partial charge on any atom is 0.420 e. The number of fused-ring (bicyclic) bond motifs is 1. The highest BCUT2D eigenvalue weighted by atomic mass is 16.6. The largest absolute Gasteiger partial charge is 0.443 e.